The van der Waals surface area contributed by atoms with E-state index in [1.54, 1.807) is 14.2 Å². The summed E-state index contributed by atoms with van der Waals surface area (Å²) < 4.78 is 10.9. The van der Waals surface area contributed by atoms with E-state index in [0.717, 1.165) is 36.6 Å². The molecule has 0 amide bonds. The van der Waals surface area contributed by atoms with Gasteiger partial charge in [-0.05, 0) is 36.6 Å². The number of hydrogen-bond acceptors (Lipinski definition) is 4. The van der Waals surface area contributed by atoms with E-state index >= 15 is 0 Å². The zero-order chi connectivity index (χ0) is 16.9. The highest BCUT2D eigenvalue weighted by atomic mass is 16.5. The Morgan fingerprint density at radius 3 is 2.46 bits per heavy atom. The van der Waals surface area contributed by atoms with Crippen molar-refractivity contribution in [2.24, 2.45) is 0 Å². The first-order chi connectivity index (χ1) is 11.7. The van der Waals surface area contributed by atoms with Crippen LogP contribution in [-0.4, -0.2) is 30.8 Å². The van der Waals surface area contributed by atoms with Crippen molar-refractivity contribution in [1.82, 2.24) is 4.90 Å². The van der Waals surface area contributed by atoms with Crippen LogP contribution in [0.2, 0.25) is 0 Å². The lowest BCUT2D eigenvalue weighted by Crippen LogP contribution is -2.23. The molecular formula is C20H25NO3. The monoisotopic (exact) mass is 327 g/mol. The summed E-state index contributed by atoms with van der Waals surface area (Å²) in [5.74, 6) is 1.71. The number of methoxy groups -OCH3 is 2. The summed E-state index contributed by atoms with van der Waals surface area (Å²) in [6.07, 6.45) is 2.33. The second-order valence-electron chi connectivity index (χ2n) is 6.21. The second kappa shape index (κ2) is 7.69. The van der Waals surface area contributed by atoms with Crippen LogP contribution in [0.25, 0.3) is 0 Å². The molecule has 1 fully saturated rings. The van der Waals surface area contributed by atoms with Crippen LogP contribution in [0.15, 0.2) is 42.5 Å². The standard InChI is InChI=1S/C20H25NO3/c1-23-17-9-10-18(20(12-17)24-2)19-4-3-11-21(19)13-15-5-7-16(14-22)8-6-15/h5-10,12,19,22H,3-4,11,13-14H2,1-2H3. The van der Waals surface area contributed by atoms with Gasteiger partial charge in [-0.2, -0.15) is 0 Å². The van der Waals surface area contributed by atoms with Gasteiger partial charge in [0, 0.05) is 24.2 Å². The van der Waals surface area contributed by atoms with E-state index in [9.17, 15) is 0 Å². The molecule has 1 saturated heterocycles. The smallest absolute Gasteiger partial charge is 0.127 e. The van der Waals surface area contributed by atoms with Gasteiger partial charge in [0.2, 0.25) is 0 Å². The fraction of sp³-hybridized carbons (Fsp3) is 0.400. The number of likely N-dealkylation sites (tertiary alicyclic amines) is 1. The van der Waals surface area contributed by atoms with Crippen LogP contribution in [0.5, 0.6) is 11.5 Å². The van der Waals surface area contributed by atoms with E-state index in [0.29, 0.717) is 6.04 Å². The minimum absolute atomic E-state index is 0.0929. The van der Waals surface area contributed by atoms with Crippen LogP contribution in [0.3, 0.4) is 0 Å². The molecule has 1 atom stereocenters. The first kappa shape index (κ1) is 16.8. The lowest BCUT2D eigenvalue weighted by atomic mass is 10.0. The van der Waals surface area contributed by atoms with Gasteiger partial charge in [0.25, 0.3) is 0 Å². The molecule has 0 spiro atoms. The predicted molar refractivity (Wildman–Crippen MR) is 94.3 cm³/mol. The third kappa shape index (κ3) is 3.55. The summed E-state index contributed by atoms with van der Waals surface area (Å²) in [5.41, 5.74) is 3.45. The Bertz CT molecular complexity index is 669. The van der Waals surface area contributed by atoms with Gasteiger partial charge in [0.15, 0.2) is 0 Å². The summed E-state index contributed by atoms with van der Waals surface area (Å²) in [5, 5.41) is 9.17. The van der Waals surface area contributed by atoms with Gasteiger partial charge in [-0.3, -0.25) is 4.90 Å². The zero-order valence-electron chi connectivity index (χ0n) is 14.4. The van der Waals surface area contributed by atoms with Crippen molar-refractivity contribution in [3.05, 3.63) is 59.2 Å². The summed E-state index contributed by atoms with van der Waals surface area (Å²) in [6, 6.07) is 14.6. The van der Waals surface area contributed by atoms with Crippen molar-refractivity contribution in [2.45, 2.75) is 32.0 Å². The van der Waals surface area contributed by atoms with Crippen molar-refractivity contribution in [2.75, 3.05) is 20.8 Å². The maximum Gasteiger partial charge on any atom is 0.127 e. The van der Waals surface area contributed by atoms with Gasteiger partial charge in [-0.15, -0.1) is 0 Å². The molecule has 128 valence electrons. The third-order valence-corrected chi connectivity index (χ3v) is 4.75. The molecule has 2 aromatic carbocycles. The maximum atomic E-state index is 9.17. The Morgan fingerprint density at radius 2 is 1.79 bits per heavy atom. The van der Waals surface area contributed by atoms with E-state index in [1.165, 1.54) is 17.5 Å². The number of benzene rings is 2. The summed E-state index contributed by atoms with van der Waals surface area (Å²) >= 11 is 0. The molecule has 1 heterocycles. The topological polar surface area (TPSA) is 41.9 Å². The fourth-order valence-electron chi connectivity index (χ4n) is 3.45. The lowest BCUT2D eigenvalue weighted by molar-refractivity contribution is 0.242. The normalized spacial score (nSPS) is 17.9. The number of hydrogen-bond donors (Lipinski definition) is 1. The molecular weight excluding hydrogens is 302 g/mol. The van der Waals surface area contributed by atoms with Crippen LogP contribution >= 0.6 is 0 Å². The first-order valence-electron chi connectivity index (χ1n) is 8.40. The predicted octanol–water partition coefficient (Wildman–Crippen LogP) is 3.53. The van der Waals surface area contributed by atoms with Gasteiger partial charge >= 0.3 is 0 Å². The Hall–Kier alpha value is -2.04. The number of rotatable bonds is 6. The molecule has 1 N–H and O–H groups in total. The highest BCUT2D eigenvalue weighted by Crippen LogP contribution is 2.39. The Balaban J connectivity index is 1.79. The first-order valence-corrected chi connectivity index (χ1v) is 8.40. The zero-order valence-corrected chi connectivity index (χ0v) is 14.4. The van der Waals surface area contributed by atoms with Gasteiger partial charge in [0.05, 0.1) is 20.8 Å². The molecule has 2 aromatic rings. The van der Waals surface area contributed by atoms with Crippen LogP contribution in [0.4, 0.5) is 0 Å². The Morgan fingerprint density at radius 1 is 1.04 bits per heavy atom. The van der Waals surface area contributed by atoms with E-state index in [-0.39, 0.29) is 6.61 Å². The third-order valence-electron chi connectivity index (χ3n) is 4.75. The highest BCUT2D eigenvalue weighted by Gasteiger charge is 2.28. The van der Waals surface area contributed by atoms with Gasteiger partial charge in [0.1, 0.15) is 11.5 Å². The van der Waals surface area contributed by atoms with Gasteiger partial charge < -0.3 is 14.6 Å². The van der Waals surface area contributed by atoms with E-state index in [4.69, 9.17) is 14.6 Å². The van der Waals surface area contributed by atoms with Crippen LogP contribution in [0.1, 0.15) is 35.6 Å². The molecule has 1 unspecified atom stereocenters. The molecule has 0 saturated carbocycles. The minimum atomic E-state index is 0.0929. The number of aliphatic hydroxyl groups excluding tert-OH is 1. The molecule has 0 aromatic heterocycles. The quantitative estimate of drug-likeness (QED) is 0.881. The Kier molecular flexibility index (Phi) is 5.38. The summed E-state index contributed by atoms with van der Waals surface area (Å²) in [7, 11) is 3.39. The number of nitrogens with zero attached hydrogens (tertiary/aromatic N) is 1. The van der Waals surface area contributed by atoms with Crippen molar-refractivity contribution in [3.63, 3.8) is 0 Å². The van der Waals surface area contributed by atoms with Crippen LogP contribution < -0.4 is 9.47 Å². The number of ether oxygens (including phenoxy) is 2. The van der Waals surface area contributed by atoms with Gasteiger partial charge in [-0.1, -0.05) is 30.3 Å². The average Bonchev–Trinajstić information content (AvgIpc) is 3.09. The van der Waals surface area contributed by atoms with Crippen molar-refractivity contribution < 1.29 is 14.6 Å². The molecule has 0 radical (unpaired) electrons. The molecule has 0 bridgehead atoms. The largest absolute Gasteiger partial charge is 0.497 e. The molecule has 1 aliphatic heterocycles. The second-order valence-corrected chi connectivity index (χ2v) is 6.21. The summed E-state index contributed by atoms with van der Waals surface area (Å²) in [6.45, 7) is 2.09. The van der Waals surface area contributed by atoms with Crippen molar-refractivity contribution >= 4 is 0 Å². The Labute approximate surface area is 143 Å². The fourth-order valence-corrected chi connectivity index (χ4v) is 3.45. The van der Waals surface area contributed by atoms with E-state index in [1.807, 2.05) is 24.3 Å². The highest BCUT2D eigenvalue weighted by molar-refractivity contribution is 5.43. The summed E-state index contributed by atoms with van der Waals surface area (Å²) in [4.78, 5) is 2.50. The average molecular weight is 327 g/mol. The van der Waals surface area contributed by atoms with E-state index < -0.39 is 0 Å². The van der Waals surface area contributed by atoms with Crippen molar-refractivity contribution in [1.29, 1.82) is 0 Å². The van der Waals surface area contributed by atoms with Crippen LogP contribution in [0, 0.1) is 0 Å². The number of aliphatic hydroxyl groups is 1. The maximum absolute atomic E-state index is 9.17. The molecule has 0 aliphatic carbocycles. The van der Waals surface area contributed by atoms with Gasteiger partial charge in [-0.25, -0.2) is 0 Å². The molecule has 3 rings (SSSR count). The minimum Gasteiger partial charge on any atom is -0.497 e. The van der Waals surface area contributed by atoms with Crippen LogP contribution in [-0.2, 0) is 13.2 Å². The molecule has 1 aliphatic rings. The molecule has 24 heavy (non-hydrogen) atoms. The molecule has 4 nitrogen and oxygen atoms in total. The lowest BCUT2D eigenvalue weighted by Gasteiger charge is -2.26. The van der Waals surface area contributed by atoms with E-state index in [2.05, 4.69) is 23.1 Å². The van der Waals surface area contributed by atoms with Crippen molar-refractivity contribution in [3.8, 4) is 11.5 Å². The molecule has 4 heteroatoms. The SMILES string of the molecule is COc1ccc(C2CCCN2Cc2ccc(CO)cc2)c(OC)c1.